The predicted molar refractivity (Wildman–Crippen MR) is 85.2 cm³/mol. The van der Waals surface area contributed by atoms with Crippen molar-refractivity contribution >= 4 is 37.3 Å². The van der Waals surface area contributed by atoms with Gasteiger partial charge in [0.05, 0.1) is 5.69 Å². The van der Waals surface area contributed by atoms with Crippen LogP contribution in [0.25, 0.3) is 0 Å². The Morgan fingerprint density at radius 2 is 1.86 bits per heavy atom. The minimum Gasteiger partial charge on any atom is -0.398 e. The molecule has 0 unspecified atom stereocenters. The summed E-state index contributed by atoms with van der Waals surface area (Å²) in [6.07, 6.45) is 0. The van der Waals surface area contributed by atoms with E-state index < -0.39 is 20.7 Å². The second-order valence-electron chi connectivity index (χ2n) is 4.68. The third-order valence-electron chi connectivity index (χ3n) is 3.05. The van der Waals surface area contributed by atoms with Crippen LogP contribution >= 0.6 is 15.9 Å². The number of anilines is 2. The van der Waals surface area contributed by atoms with Crippen molar-refractivity contribution in [3.63, 3.8) is 0 Å². The lowest BCUT2D eigenvalue weighted by molar-refractivity contribution is 0.570. The molecular formula is C14H14BrFN2O2S. The molecule has 2 aromatic carbocycles. The molecule has 0 heterocycles. The Balaban J connectivity index is 2.48. The fourth-order valence-electron chi connectivity index (χ4n) is 1.80. The molecule has 0 aliphatic carbocycles. The van der Waals surface area contributed by atoms with E-state index in [0.29, 0.717) is 15.7 Å². The zero-order chi connectivity index (χ0) is 15.8. The first-order valence-electron chi connectivity index (χ1n) is 6.06. The Morgan fingerprint density at radius 3 is 2.52 bits per heavy atom. The molecule has 7 heteroatoms. The van der Waals surface area contributed by atoms with Crippen molar-refractivity contribution < 1.29 is 12.8 Å². The van der Waals surface area contributed by atoms with E-state index in [9.17, 15) is 12.8 Å². The number of halogens is 2. The summed E-state index contributed by atoms with van der Waals surface area (Å²) in [6.45, 7) is 3.44. The molecule has 0 aromatic heterocycles. The fourth-order valence-corrected chi connectivity index (χ4v) is 3.46. The standard InChI is InChI=1S/C14H14BrFN2O2S/c1-8-4-3-5-12(14(8)15)18-21(19,20)13-7-11(17)9(2)6-10(13)16/h3-7,18H,17H2,1-2H3. The molecule has 4 nitrogen and oxygen atoms in total. The summed E-state index contributed by atoms with van der Waals surface area (Å²) in [5.41, 5.74) is 7.58. The van der Waals surface area contributed by atoms with Crippen LogP contribution in [-0.4, -0.2) is 8.42 Å². The molecular weight excluding hydrogens is 359 g/mol. The maximum atomic E-state index is 13.9. The van der Waals surface area contributed by atoms with E-state index in [2.05, 4.69) is 20.7 Å². The molecule has 0 aliphatic heterocycles. The third kappa shape index (κ3) is 3.19. The van der Waals surface area contributed by atoms with E-state index >= 15 is 0 Å². The molecule has 0 amide bonds. The lowest BCUT2D eigenvalue weighted by Crippen LogP contribution is -2.15. The van der Waals surface area contributed by atoms with Gasteiger partial charge in [-0.25, -0.2) is 12.8 Å². The van der Waals surface area contributed by atoms with Crippen LogP contribution in [0.3, 0.4) is 0 Å². The Morgan fingerprint density at radius 1 is 1.19 bits per heavy atom. The highest BCUT2D eigenvalue weighted by atomic mass is 79.9. The van der Waals surface area contributed by atoms with Gasteiger partial charge in [0.1, 0.15) is 10.7 Å². The van der Waals surface area contributed by atoms with Crippen molar-refractivity contribution in [1.82, 2.24) is 0 Å². The van der Waals surface area contributed by atoms with Crippen LogP contribution in [0.4, 0.5) is 15.8 Å². The van der Waals surface area contributed by atoms with Crippen molar-refractivity contribution in [3.05, 3.63) is 51.7 Å². The molecule has 2 aromatic rings. The van der Waals surface area contributed by atoms with Gasteiger partial charge in [-0.05, 0) is 59.1 Å². The number of nitrogens with two attached hydrogens (primary N) is 1. The number of hydrogen-bond donors (Lipinski definition) is 2. The van der Waals surface area contributed by atoms with Crippen molar-refractivity contribution in [2.24, 2.45) is 0 Å². The Hall–Kier alpha value is -1.60. The second kappa shape index (κ2) is 5.65. The van der Waals surface area contributed by atoms with Crippen molar-refractivity contribution in [2.45, 2.75) is 18.7 Å². The molecule has 0 radical (unpaired) electrons. The SMILES string of the molecule is Cc1cc(F)c(S(=O)(=O)Nc2cccc(C)c2Br)cc1N. The van der Waals surface area contributed by atoms with Gasteiger partial charge in [0.15, 0.2) is 0 Å². The second-order valence-corrected chi connectivity index (χ2v) is 7.12. The normalized spacial score (nSPS) is 11.4. The number of sulfonamides is 1. The summed E-state index contributed by atoms with van der Waals surface area (Å²) in [7, 11) is -4.06. The number of benzene rings is 2. The lowest BCUT2D eigenvalue weighted by atomic mass is 10.2. The van der Waals surface area contributed by atoms with Gasteiger partial charge in [-0.3, -0.25) is 4.72 Å². The van der Waals surface area contributed by atoms with Gasteiger partial charge in [0, 0.05) is 10.2 Å². The maximum absolute atomic E-state index is 13.9. The highest BCUT2D eigenvalue weighted by Gasteiger charge is 2.21. The molecule has 0 saturated heterocycles. The van der Waals surface area contributed by atoms with Crippen LogP contribution in [0.1, 0.15) is 11.1 Å². The van der Waals surface area contributed by atoms with E-state index in [1.165, 1.54) is 0 Å². The lowest BCUT2D eigenvalue weighted by Gasteiger charge is -2.13. The smallest absolute Gasteiger partial charge is 0.264 e. The summed E-state index contributed by atoms with van der Waals surface area (Å²) in [5, 5.41) is 0. The van der Waals surface area contributed by atoms with E-state index in [4.69, 9.17) is 5.73 Å². The van der Waals surface area contributed by atoms with Crippen LogP contribution < -0.4 is 10.5 Å². The summed E-state index contributed by atoms with van der Waals surface area (Å²) in [6, 6.07) is 7.35. The van der Waals surface area contributed by atoms with Gasteiger partial charge in [0.2, 0.25) is 0 Å². The first kappa shape index (κ1) is 15.8. The first-order valence-corrected chi connectivity index (χ1v) is 8.33. The Kier molecular flexibility index (Phi) is 4.25. The molecule has 0 saturated carbocycles. The monoisotopic (exact) mass is 372 g/mol. The van der Waals surface area contributed by atoms with Gasteiger partial charge < -0.3 is 5.73 Å². The van der Waals surface area contributed by atoms with E-state index in [0.717, 1.165) is 17.7 Å². The fraction of sp³-hybridized carbons (Fsp3) is 0.143. The van der Waals surface area contributed by atoms with E-state index in [1.807, 2.05) is 13.0 Å². The number of hydrogen-bond acceptors (Lipinski definition) is 3. The van der Waals surface area contributed by atoms with Gasteiger partial charge in [-0.2, -0.15) is 0 Å². The zero-order valence-corrected chi connectivity index (χ0v) is 13.8. The molecule has 21 heavy (non-hydrogen) atoms. The number of nitrogens with one attached hydrogen (secondary N) is 1. The predicted octanol–water partition coefficient (Wildman–Crippen LogP) is 3.59. The number of nitrogen functional groups attached to an aromatic ring is 1. The molecule has 0 aliphatic rings. The van der Waals surface area contributed by atoms with Crippen LogP contribution in [0.15, 0.2) is 39.7 Å². The average molecular weight is 373 g/mol. The molecule has 0 bridgehead atoms. The van der Waals surface area contributed by atoms with Gasteiger partial charge in [-0.1, -0.05) is 12.1 Å². The average Bonchev–Trinajstić information content (AvgIpc) is 2.39. The first-order chi connectivity index (χ1) is 9.72. The Bertz CT molecular complexity index is 807. The van der Waals surface area contributed by atoms with Crippen LogP contribution in [0.5, 0.6) is 0 Å². The number of aryl methyl sites for hydroxylation is 2. The molecule has 0 spiro atoms. The molecule has 0 fully saturated rings. The zero-order valence-electron chi connectivity index (χ0n) is 11.4. The summed E-state index contributed by atoms with van der Waals surface area (Å²) < 4.78 is 41.5. The minimum atomic E-state index is -4.06. The van der Waals surface area contributed by atoms with Crippen molar-refractivity contribution in [3.8, 4) is 0 Å². The van der Waals surface area contributed by atoms with Gasteiger partial charge in [-0.15, -0.1) is 0 Å². The van der Waals surface area contributed by atoms with E-state index in [1.54, 1.807) is 19.1 Å². The Labute approximate surface area is 131 Å². The van der Waals surface area contributed by atoms with Crippen LogP contribution in [0.2, 0.25) is 0 Å². The van der Waals surface area contributed by atoms with Crippen molar-refractivity contribution in [2.75, 3.05) is 10.5 Å². The van der Waals surface area contributed by atoms with Crippen molar-refractivity contribution in [1.29, 1.82) is 0 Å². The highest BCUT2D eigenvalue weighted by Crippen LogP contribution is 2.29. The quantitative estimate of drug-likeness (QED) is 0.808. The van der Waals surface area contributed by atoms with Gasteiger partial charge >= 0.3 is 0 Å². The van der Waals surface area contributed by atoms with Crippen LogP contribution in [0, 0.1) is 19.7 Å². The van der Waals surface area contributed by atoms with Crippen LogP contribution in [-0.2, 0) is 10.0 Å². The maximum Gasteiger partial charge on any atom is 0.264 e. The largest absolute Gasteiger partial charge is 0.398 e. The number of rotatable bonds is 3. The molecule has 3 N–H and O–H groups in total. The van der Waals surface area contributed by atoms with E-state index in [-0.39, 0.29) is 5.69 Å². The summed E-state index contributed by atoms with van der Waals surface area (Å²) >= 11 is 3.30. The molecule has 0 atom stereocenters. The van der Waals surface area contributed by atoms with Gasteiger partial charge in [0.25, 0.3) is 10.0 Å². The molecule has 2 rings (SSSR count). The third-order valence-corrected chi connectivity index (χ3v) is 5.48. The minimum absolute atomic E-state index is 0.222. The molecule has 112 valence electrons. The summed E-state index contributed by atoms with van der Waals surface area (Å²) in [4.78, 5) is -0.473. The topological polar surface area (TPSA) is 72.2 Å². The summed E-state index contributed by atoms with van der Waals surface area (Å²) in [5.74, 6) is -0.835. The highest BCUT2D eigenvalue weighted by molar-refractivity contribution is 9.10.